The topological polar surface area (TPSA) is 80.9 Å². The number of nitrogens with two attached hydrogens (primary N) is 1. The molecule has 3 N–H and O–H groups in total. The predicted octanol–water partition coefficient (Wildman–Crippen LogP) is 2.34. The Morgan fingerprint density at radius 1 is 1.47 bits per heavy atom. The maximum absolute atomic E-state index is 12.1. The second kappa shape index (κ2) is 6.96. The van der Waals surface area contributed by atoms with Crippen LogP contribution in [0.2, 0.25) is 0 Å². The van der Waals surface area contributed by atoms with E-state index >= 15 is 0 Å². The van der Waals surface area contributed by atoms with E-state index in [2.05, 4.69) is 22.4 Å². The van der Waals surface area contributed by atoms with Gasteiger partial charge >= 0.3 is 0 Å². The fourth-order valence-electron chi connectivity index (χ4n) is 2.41. The van der Waals surface area contributed by atoms with Gasteiger partial charge in [-0.2, -0.15) is 0 Å². The second-order valence-electron chi connectivity index (χ2n) is 5.22. The molecule has 0 spiro atoms. The van der Waals surface area contributed by atoms with Crippen LogP contribution < -0.4 is 11.1 Å². The molecular formula is C13H22N4OS. The molecule has 2 atom stereocenters. The fraction of sp³-hybridized carbons (Fsp3) is 0.769. The lowest BCUT2D eigenvalue weighted by Gasteiger charge is -2.25. The van der Waals surface area contributed by atoms with Gasteiger partial charge < -0.3 is 11.1 Å². The maximum atomic E-state index is 12.1. The van der Waals surface area contributed by atoms with Crippen LogP contribution in [-0.4, -0.2) is 22.1 Å². The van der Waals surface area contributed by atoms with Gasteiger partial charge in [0.1, 0.15) is 5.01 Å². The molecule has 2 rings (SSSR count). The van der Waals surface area contributed by atoms with Crippen LogP contribution in [0.3, 0.4) is 0 Å². The quantitative estimate of drug-likeness (QED) is 0.868. The Morgan fingerprint density at radius 3 is 3.05 bits per heavy atom. The molecular weight excluding hydrogens is 260 g/mol. The molecule has 1 aromatic rings. The Morgan fingerprint density at radius 2 is 2.32 bits per heavy atom. The third kappa shape index (κ3) is 4.24. The van der Waals surface area contributed by atoms with Crippen molar-refractivity contribution in [2.24, 2.45) is 11.7 Å². The summed E-state index contributed by atoms with van der Waals surface area (Å²) < 4.78 is 0. The summed E-state index contributed by atoms with van der Waals surface area (Å²) in [5, 5.41) is 12.6. The van der Waals surface area contributed by atoms with Crippen LogP contribution in [-0.2, 0) is 11.2 Å². The van der Waals surface area contributed by atoms with Gasteiger partial charge in [-0.1, -0.05) is 31.1 Å². The Balaban J connectivity index is 1.86. The third-order valence-electron chi connectivity index (χ3n) is 3.53. The van der Waals surface area contributed by atoms with Crippen molar-refractivity contribution in [3.8, 4) is 0 Å². The summed E-state index contributed by atoms with van der Waals surface area (Å²) in [4.78, 5) is 12.1. The summed E-state index contributed by atoms with van der Waals surface area (Å²) >= 11 is 1.48. The lowest BCUT2D eigenvalue weighted by atomic mass is 9.86. The van der Waals surface area contributed by atoms with Crippen LogP contribution >= 0.6 is 11.3 Å². The number of unbranched alkanes of at least 4 members (excludes halogenated alkanes) is 1. The predicted molar refractivity (Wildman–Crippen MR) is 77.1 cm³/mol. The van der Waals surface area contributed by atoms with E-state index in [-0.39, 0.29) is 17.9 Å². The molecule has 1 amide bonds. The van der Waals surface area contributed by atoms with Crippen molar-refractivity contribution in [2.45, 2.75) is 57.9 Å². The molecule has 0 bridgehead atoms. The van der Waals surface area contributed by atoms with Gasteiger partial charge in [0.05, 0.1) is 0 Å². The number of rotatable bonds is 5. The zero-order chi connectivity index (χ0) is 13.7. The van der Waals surface area contributed by atoms with Gasteiger partial charge in [-0.3, -0.25) is 4.79 Å². The third-order valence-corrected chi connectivity index (χ3v) is 4.43. The first-order valence-corrected chi connectivity index (χ1v) is 7.89. The molecule has 1 heterocycles. The van der Waals surface area contributed by atoms with Crippen molar-refractivity contribution in [1.82, 2.24) is 10.2 Å². The van der Waals surface area contributed by atoms with Gasteiger partial charge in [0.2, 0.25) is 11.0 Å². The van der Waals surface area contributed by atoms with E-state index in [1.807, 2.05) is 0 Å². The van der Waals surface area contributed by atoms with Gasteiger partial charge in [0, 0.05) is 18.4 Å². The van der Waals surface area contributed by atoms with Crippen LogP contribution in [0, 0.1) is 5.92 Å². The Bertz CT molecular complexity index is 421. The molecule has 19 heavy (non-hydrogen) atoms. The molecule has 1 aliphatic carbocycles. The van der Waals surface area contributed by atoms with E-state index in [9.17, 15) is 4.79 Å². The lowest BCUT2D eigenvalue weighted by molar-refractivity contribution is -0.120. The van der Waals surface area contributed by atoms with Crippen molar-refractivity contribution >= 4 is 22.4 Å². The van der Waals surface area contributed by atoms with Crippen molar-refractivity contribution in [3.05, 3.63) is 5.01 Å². The number of nitrogens with zero attached hydrogens (tertiary/aromatic N) is 2. The first-order valence-electron chi connectivity index (χ1n) is 7.08. The number of anilines is 1. The van der Waals surface area contributed by atoms with Crippen LogP contribution in [0.1, 0.15) is 50.5 Å². The van der Waals surface area contributed by atoms with Crippen molar-refractivity contribution in [1.29, 1.82) is 0 Å². The molecule has 0 aliphatic heterocycles. The minimum absolute atomic E-state index is 0.0340. The SMILES string of the molecule is CCCCc1nnc(NC(=O)C2CCCC(N)C2)s1. The first kappa shape index (κ1) is 14.4. The van der Waals surface area contributed by atoms with Gasteiger partial charge in [0.15, 0.2) is 0 Å². The minimum Gasteiger partial charge on any atom is -0.328 e. The largest absolute Gasteiger partial charge is 0.328 e. The first-order chi connectivity index (χ1) is 9.19. The molecule has 0 saturated heterocycles. The molecule has 1 fully saturated rings. The summed E-state index contributed by atoms with van der Waals surface area (Å²) in [5.74, 6) is 0.0834. The molecule has 1 aromatic heterocycles. The maximum Gasteiger partial charge on any atom is 0.229 e. The molecule has 1 saturated carbocycles. The molecule has 6 heteroatoms. The van der Waals surface area contributed by atoms with Crippen molar-refractivity contribution in [3.63, 3.8) is 0 Å². The zero-order valence-corrected chi connectivity index (χ0v) is 12.2. The molecule has 106 valence electrons. The smallest absolute Gasteiger partial charge is 0.229 e. The lowest BCUT2D eigenvalue weighted by Crippen LogP contribution is -2.34. The van der Waals surface area contributed by atoms with Gasteiger partial charge in [-0.25, -0.2) is 0 Å². The van der Waals surface area contributed by atoms with Crippen LogP contribution in [0.5, 0.6) is 0 Å². The number of aryl methyl sites for hydroxylation is 1. The fourth-order valence-corrected chi connectivity index (χ4v) is 3.19. The number of aromatic nitrogens is 2. The number of amides is 1. The number of hydrogen-bond acceptors (Lipinski definition) is 5. The van der Waals surface area contributed by atoms with E-state index in [1.165, 1.54) is 11.3 Å². The number of nitrogens with one attached hydrogen (secondary N) is 1. The Kier molecular flexibility index (Phi) is 5.27. The van der Waals surface area contributed by atoms with Crippen LogP contribution in [0.15, 0.2) is 0 Å². The summed E-state index contributed by atoms with van der Waals surface area (Å²) in [6, 6.07) is 0.166. The van der Waals surface area contributed by atoms with Gasteiger partial charge in [-0.15, -0.1) is 10.2 Å². The monoisotopic (exact) mass is 282 g/mol. The van der Waals surface area contributed by atoms with Crippen molar-refractivity contribution in [2.75, 3.05) is 5.32 Å². The molecule has 0 aromatic carbocycles. The van der Waals surface area contributed by atoms with E-state index < -0.39 is 0 Å². The highest BCUT2D eigenvalue weighted by molar-refractivity contribution is 7.15. The molecule has 2 unspecified atom stereocenters. The van der Waals surface area contributed by atoms with Crippen molar-refractivity contribution < 1.29 is 4.79 Å². The van der Waals surface area contributed by atoms with Crippen LogP contribution in [0.4, 0.5) is 5.13 Å². The Hall–Kier alpha value is -1.01. The summed E-state index contributed by atoms with van der Waals surface area (Å²) in [7, 11) is 0. The summed E-state index contributed by atoms with van der Waals surface area (Å²) in [5.41, 5.74) is 5.91. The average molecular weight is 282 g/mol. The summed E-state index contributed by atoms with van der Waals surface area (Å²) in [6.45, 7) is 2.15. The highest BCUT2D eigenvalue weighted by Crippen LogP contribution is 2.25. The number of carbonyl (C=O) groups excluding carboxylic acids is 1. The normalized spacial score (nSPS) is 23.3. The second-order valence-corrected chi connectivity index (χ2v) is 6.28. The highest BCUT2D eigenvalue weighted by Gasteiger charge is 2.25. The number of hydrogen-bond donors (Lipinski definition) is 2. The van der Waals surface area contributed by atoms with E-state index in [1.54, 1.807) is 0 Å². The van der Waals surface area contributed by atoms with E-state index in [4.69, 9.17) is 5.73 Å². The molecule has 0 radical (unpaired) electrons. The molecule has 5 nitrogen and oxygen atoms in total. The Labute approximate surface area is 118 Å². The average Bonchev–Trinajstić information content (AvgIpc) is 2.84. The van der Waals surface area contributed by atoms with Crippen LogP contribution in [0.25, 0.3) is 0 Å². The van der Waals surface area contributed by atoms with E-state index in [0.717, 1.165) is 50.0 Å². The number of carbonyl (C=O) groups is 1. The summed E-state index contributed by atoms with van der Waals surface area (Å²) in [6.07, 6.45) is 6.98. The standard InChI is InChI=1S/C13H22N4OS/c1-2-3-7-11-16-17-13(19-11)15-12(18)9-5-4-6-10(14)8-9/h9-10H,2-8,14H2,1H3,(H,15,17,18). The van der Waals surface area contributed by atoms with Gasteiger partial charge in [0.25, 0.3) is 0 Å². The van der Waals surface area contributed by atoms with E-state index in [0.29, 0.717) is 5.13 Å². The minimum atomic E-state index is 0.0340. The molecule has 1 aliphatic rings. The zero-order valence-electron chi connectivity index (χ0n) is 11.4. The highest BCUT2D eigenvalue weighted by atomic mass is 32.1. The van der Waals surface area contributed by atoms with Gasteiger partial charge in [-0.05, 0) is 25.7 Å².